The van der Waals surface area contributed by atoms with Gasteiger partial charge in [-0.25, -0.2) is 4.98 Å². The van der Waals surface area contributed by atoms with Crippen molar-refractivity contribution in [3.63, 3.8) is 0 Å². The van der Waals surface area contributed by atoms with Crippen molar-refractivity contribution in [1.82, 2.24) is 9.97 Å². The molecule has 0 aromatic carbocycles. The molecular formula is C11H10N4OS. The maximum absolute atomic E-state index is 5.65. The van der Waals surface area contributed by atoms with Crippen LogP contribution in [0.2, 0.25) is 0 Å². The number of rotatable bonds is 3. The summed E-state index contributed by atoms with van der Waals surface area (Å²) in [5.74, 6) is 1.88. The molecule has 3 aromatic heterocycles. The van der Waals surface area contributed by atoms with Crippen molar-refractivity contribution in [2.24, 2.45) is 0 Å². The van der Waals surface area contributed by atoms with Crippen molar-refractivity contribution in [1.29, 1.82) is 0 Å². The van der Waals surface area contributed by atoms with Crippen LogP contribution in [0, 0.1) is 0 Å². The summed E-state index contributed by atoms with van der Waals surface area (Å²) in [6.45, 7) is 0.580. The van der Waals surface area contributed by atoms with E-state index in [1.54, 1.807) is 17.6 Å². The van der Waals surface area contributed by atoms with Gasteiger partial charge in [0.15, 0.2) is 0 Å². The minimum Gasteiger partial charge on any atom is -0.467 e. The number of nitrogen functional groups attached to an aromatic ring is 1. The van der Waals surface area contributed by atoms with E-state index >= 15 is 0 Å². The van der Waals surface area contributed by atoms with Gasteiger partial charge in [-0.1, -0.05) is 0 Å². The van der Waals surface area contributed by atoms with E-state index in [1.807, 2.05) is 23.6 Å². The molecule has 0 aliphatic heterocycles. The van der Waals surface area contributed by atoms with Gasteiger partial charge in [-0.15, -0.1) is 11.3 Å². The lowest BCUT2D eigenvalue weighted by Crippen LogP contribution is -2.03. The average Bonchev–Trinajstić information content (AvgIpc) is 2.95. The van der Waals surface area contributed by atoms with Crippen LogP contribution in [0.5, 0.6) is 0 Å². The van der Waals surface area contributed by atoms with Crippen LogP contribution in [-0.4, -0.2) is 9.97 Å². The standard InChI is InChI=1S/C11H10N4OS/c12-11-14-8-3-5-17-9(8)10(15-11)13-6-7-2-1-4-16-7/h1-5H,6H2,(H3,12,13,14,15). The van der Waals surface area contributed by atoms with Gasteiger partial charge in [0.1, 0.15) is 11.6 Å². The fraction of sp³-hybridized carbons (Fsp3) is 0.0909. The topological polar surface area (TPSA) is 77.0 Å². The number of nitrogens with zero attached hydrogens (tertiary/aromatic N) is 2. The Morgan fingerprint density at radius 2 is 2.29 bits per heavy atom. The van der Waals surface area contributed by atoms with Crippen LogP contribution in [0.15, 0.2) is 34.3 Å². The molecule has 3 heterocycles. The summed E-state index contributed by atoms with van der Waals surface area (Å²) >= 11 is 1.59. The average molecular weight is 246 g/mol. The van der Waals surface area contributed by atoms with Gasteiger partial charge in [0.2, 0.25) is 5.95 Å². The van der Waals surface area contributed by atoms with Crippen molar-refractivity contribution in [3.05, 3.63) is 35.6 Å². The molecule has 0 spiro atoms. The SMILES string of the molecule is Nc1nc(NCc2ccco2)c2sccc2n1. The van der Waals surface area contributed by atoms with E-state index in [0.717, 1.165) is 21.8 Å². The molecule has 6 heteroatoms. The highest BCUT2D eigenvalue weighted by atomic mass is 32.1. The van der Waals surface area contributed by atoms with Gasteiger partial charge in [0.05, 0.1) is 23.0 Å². The van der Waals surface area contributed by atoms with E-state index in [1.165, 1.54) is 0 Å². The summed E-state index contributed by atoms with van der Waals surface area (Å²) < 4.78 is 6.25. The van der Waals surface area contributed by atoms with E-state index in [4.69, 9.17) is 10.2 Å². The lowest BCUT2D eigenvalue weighted by atomic mass is 10.4. The first-order valence-electron chi connectivity index (χ1n) is 5.10. The number of nitrogens with one attached hydrogen (secondary N) is 1. The molecule has 0 aliphatic carbocycles. The smallest absolute Gasteiger partial charge is 0.222 e. The minimum absolute atomic E-state index is 0.276. The molecule has 0 atom stereocenters. The molecular weight excluding hydrogens is 236 g/mol. The lowest BCUT2D eigenvalue weighted by Gasteiger charge is -2.05. The number of anilines is 2. The number of thiophene rings is 1. The summed E-state index contributed by atoms with van der Waals surface area (Å²) in [5, 5.41) is 5.17. The fourth-order valence-corrected chi connectivity index (χ4v) is 2.38. The number of furan rings is 1. The van der Waals surface area contributed by atoms with E-state index in [9.17, 15) is 0 Å². The Morgan fingerprint density at radius 1 is 1.35 bits per heavy atom. The van der Waals surface area contributed by atoms with Gasteiger partial charge in [-0.2, -0.15) is 4.98 Å². The maximum Gasteiger partial charge on any atom is 0.222 e. The van der Waals surface area contributed by atoms with Crippen LogP contribution in [-0.2, 0) is 6.54 Å². The number of hydrogen-bond acceptors (Lipinski definition) is 6. The summed E-state index contributed by atoms with van der Waals surface area (Å²) in [6, 6.07) is 5.69. The van der Waals surface area contributed by atoms with Crippen molar-refractivity contribution < 1.29 is 4.42 Å². The molecule has 0 fully saturated rings. The van der Waals surface area contributed by atoms with Crippen LogP contribution < -0.4 is 11.1 Å². The monoisotopic (exact) mass is 246 g/mol. The largest absolute Gasteiger partial charge is 0.467 e. The Kier molecular flexibility index (Phi) is 2.41. The predicted octanol–water partition coefficient (Wildman–Crippen LogP) is 2.48. The number of fused-ring (bicyclic) bond motifs is 1. The molecule has 0 unspecified atom stereocenters. The molecule has 3 rings (SSSR count). The van der Waals surface area contributed by atoms with Crippen LogP contribution in [0.25, 0.3) is 10.2 Å². The van der Waals surface area contributed by atoms with E-state index in [2.05, 4.69) is 15.3 Å². The first kappa shape index (κ1) is 10.1. The number of hydrogen-bond donors (Lipinski definition) is 2. The van der Waals surface area contributed by atoms with Gasteiger partial charge >= 0.3 is 0 Å². The fourth-order valence-electron chi connectivity index (χ4n) is 1.59. The maximum atomic E-state index is 5.65. The number of aromatic nitrogens is 2. The molecule has 5 nitrogen and oxygen atoms in total. The van der Waals surface area contributed by atoms with Crippen molar-refractivity contribution in [2.75, 3.05) is 11.1 Å². The summed E-state index contributed by atoms with van der Waals surface area (Å²) in [5.41, 5.74) is 6.52. The second-order valence-corrected chi connectivity index (χ2v) is 4.41. The molecule has 0 saturated heterocycles. The molecule has 3 aromatic rings. The van der Waals surface area contributed by atoms with Gasteiger partial charge in [-0.05, 0) is 23.6 Å². The van der Waals surface area contributed by atoms with Crippen LogP contribution in [0.3, 0.4) is 0 Å². The third-order valence-electron chi connectivity index (χ3n) is 2.33. The normalized spacial score (nSPS) is 10.8. The summed E-state index contributed by atoms with van der Waals surface area (Å²) in [7, 11) is 0. The third-order valence-corrected chi connectivity index (χ3v) is 3.24. The highest BCUT2D eigenvalue weighted by Gasteiger charge is 2.07. The number of nitrogens with two attached hydrogens (primary N) is 1. The molecule has 0 aliphatic rings. The summed E-state index contributed by atoms with van der Waals surface area (Å²) in [6.07, 6.45) is 1.64. The minimum atomic E-state index is 0.276. The Morgan fingerprint density at radius 3 is 3.12 bits per heavy atom. The van der Waals surface area contributed by atoms with Gasteiger partial charge in [-0.3, -0.25) is 0 Å². The Bertz CT molecular complexity index is 632. The van der Waals surface area contributed by atoms with Crippen molar-refractivity contribution in [2.45, 2.75) is 6.54 Å². The molecule has 3 N–H and O–H groups in total. The Balaban J connectivity index is 1.91. The molecule has 0 saturated carbocycles. The first-order valence-corrected chi connectivity index (χ1v) is 5.98. The van der Waals surface area contributed by atoms with Gasteiger partial charge in [0, 0.05) is 0 Å². The second-order valence-electron chi connectivity index (χ2n) is 3.50. The third kappa shape index (κ3) is 1.94. The van der Waals surface area contributed by atoms with Crippen molar-refractivity contribution >= 4 is 33.3 Å². The second kappa shape index (κ2) is 4.06. The quantitative estimate of drug-likeness (QED) is 0.742. The van der Waals surface area contributed by atoms with E-state index in [-0.39, 0.29) is 5.95 Å². The molecule has 86 valence electrons. The van der Waals surface area contributed by atoms with Gasteiger partial charge in [0.25, 0.3) is 0 Å². The van der Waals surface area contributed by atoms with E-state index in [0.29, 0.717) is 6.54 Å². The molecule has 0 bridgehead atoms. The van der Waals surface area contributed by atoms with Crippen LogP contribution in [0.4, 0.5) is 11.8 Å². The lowest BCUT2D eigenvalue weighted by molar-refractivity contribution is 0.518. The Hall–Kier alpha value is -2.08. The van der Waals surface area contributed by atoms with Gasteiger partial charge < -0.3 is 15.5 Å². The van der Waals surface area contributed by atoms with Crippen LogP contribution >= 0.6 is 11.3 Å². The first-order chi connectivity index (χ1) is 8.33. The highest BCUT2D eigenvalue weighted by molar-refractivity contribution is 7.17. The predicted molar refractivity (Wildman–Crippen MR) is 67.9 cm³/mol. The molecule has 0 amide bonds. The Labute approximate surface area is 101 Å². The zero-order chi connectivity index (χ0) is 11.7. The molecule has 17 heavy (non-hydrogen) atoms. The van der Waals surface area contributed by atoms with Crippen molar-refractivity contribution in [3.8, 4) is 0 Å². The zero-order valence-electron chi connectivity index (χ0n) is 8.88. The molecule has 0 radical (unpaired) electrons. The zero-order valence-corrected chi connectivity index (χ0v) is 9.70. The summed E-state index contributed by atoms with van der Waals surface area (Å²) in [4.78, 5) is 8.35. The highest BCUT2D eigenvalue weighted by Crippen LogP contribution is 2.26. The van der Waals surface area contributed by atoms with Crippen LogP contribution in [0.1, 0.15) is 5.76 Å². The van der Waals surface area contributed by atoms with E-state index < -0.39 is 0 Å².